The van der Waals surface area contributed by atoms with E-state index >= 15 is 0 Å². The van der Waals surface area contributed by atoms with Crippen molar-refractivity contribution >= 4 is 21.4 Å². The second-order valence-electron chi connectivity index (χ2n) is 7.25. The molecule has 0 unspecified atom stereocenters. The van der Waals surface area contributed by atoms with Gasteiger partial charge in [-0.05, 0) is 59.5 Å². The van der Waals surface area contributed by atoms with Crippen molar-refractivity contribution in [2.75, 3.05) is 5.01 Å². The lowest BCUT2D eigenvalue weighted by Gasteiger charge is -2.24. The summed E-state index contributed by atoms with van der Waals surface area (Å²) in [5.41, 5.74) is 4.86. The number of nitrogens with zero attached hydrogens (tertiary/aromatic N) is 2. The van der Waals surface area contributed by atoms with Gasteiger partial charge in [-0.3, -0.25) is 5.01 Å². The van der Waals surface area contributed by atoms with Crippen LogP contribution in [0, 0.1) is 5.82 Å². The predicted molar refractivity (Wildman–Crippen MR) is 116 cm³/mol. The summed E-state index contributed by atoms with van der Waals surface area (Å²) in [6.07, 6.45) is 1.61. The largest absolute Gasteiger partial charge is 0.257 e. The molecule has 4 rings (SSSR count). The highest BCUT2D eigenvalue weighted by atomic mass is 32.2. The van der Waals surface area contributed by atoms with Crippen LogP contribution in [0.5, 0.6) is 0 Å². The number of rotatable bonds is 5. The molecule has 7 heteroatoms. The minimum absolute atomic E-state index is 0.0446. The van der Waals surface area contributed by atoms with E-state index in [-0.39, 0.29) is 16.8 Å². The highest BCUT2D eigenvalue weighted by Gasteiger charge is 2.30. The molecule has 5 nitrogen and oxygen atoms in total. The van der Waals surface area contributed by atoms with Gasteiger partial charge >= 0.3 is 0 Å². The van der Waals surface area contributed by atoms with Gasteiger partial charge in [0.1, 0.15) is 5.82 Å². The SMILES string of the molecule is CCc1ccc(C2=NN(c3ccc(S(N)(=O)=O)cc3)[C@@H](c3ccc(F)cc3)C2)cc1. The summed E-state index contributed by atoms with van der Waals surface area (Å²) in [6, 6.07) is 20.9. The molecule has 1 aliphatic heterocycles. The Balaban J connectivity index is 1.73. The predicted octanol–water partition coefficient (Wildman–Crippen LogP) is 4.39. The number of primary sulfonamides is 1. The number of benzene rings is 3. The summed E-state index contributed by atoms with van der Waals surface area (Å²) in [5, 5.41) is 11.9. The van der Waals surface area contributed by atoms with E-state index in [1.165, 1.54) is 29.8 Å². The molecule has 0 saturated heterocycles. The van der Waals surface area contributed by atoms with E-state index in [0.29, 0.717) is 6.42 Å². The van der Waals surface area contributed by atoms with E-state index in [2.05, 4.69) is 31.2 Å². The highest BCUT2D eigenvalue weighted by molar-refractivity contribution is 7.89. The molecule has 0 aliphatic carbocycles. The molecule has 30 heavy (non-hydrogen) atoms. The first-order chi connectivity index (χ1) is 14.3. The van der Waals surface area contributed by atoms with Gasteiger partial charge in [0.15, 0.2) is 0 Å². The van der Waals surface area contributed by atoms with Gasteiger partial charge < -0.3 is 0 Å². The molecular weight excluding hydrogens is 401 g/mol. The second-order valence-corrected chi connectivity index (χ2v) is 8.81. The zero-order valence-electron chi connectivity index (χ0n) is 16.5. The molecule has 1 atom stereocenters. The van der Waals surface area contributed by atoms with Crippen LogP contribution in [0.2, 0.25) is 0 Å². The number of hydrazone groups is 1. The molecule has 0 bridgehead atoms. The average molecular weight is 424 g/mol. The van der Waals surface area contributed by atoms with Crippen molar-refractivity contribution in [3.63, 3.8) is 0 Å². The molecule has 3 aromatic carbocycles. The maximum atomic E-state index is 13.5. The summed E-state index contributed by atoms with van der Waals surface area (Å²) in [7, 11) is -3.77. The monoisotopic (exact) mass is 423 g/mol. The lowest BCUT2D eigenvalue weighted by Crippen LogP contribution is -2.19. The van der Waals surface area contributed by atoms with Crippen molar-refractivity contribution in [2.45, 2.75) is 30.7 Å². The number of hydrogen-bond donors (Lipinski definition) is 1. The maximum absolute atomic E-state index is 13.5. The van der Waals surface area contributed by atoms with Gasteiger partial charge in [0.2, 0.25) is 10.0 Å². The van der Waals surface area contributed by atoms with Gasteiger partial charge in [-0.25, -0.2) is 17.9 Å². The second kappa shape index (κ2) is 8.01. The number of anilines is 1. The van der Waals surface area contributed by atoms with E-state index < -0.39 is 10.0 Å². The fraction of sp³-hybridized carbons (Fsp3) is 0.174. The first-order valence-corrected chi connectivity index (χ1v) is 11.2. The molecule has 0 aromatic heterocycles. The van der Waals surface area contributed by atoms with Crippen molar-refractivity contribution in [1.82, 2.24) is 0 Å². The first kappa shape index (κ1) is 20.3. The van der Waals surface area contributed by atoms with Gasteiger partial charge in [-0.2, -0.15) is 5.10 Å². The van der Waals surface area contributed by atoms with Crippen LogP contribution in [0.25, 0.3) is 0 Å². The van der Waals surface area contributed by atoms with Crippen LogP contribution in [0.4, 0.5) is 10.1 Å². The smallest absolute Gasteiger partial charge is 0.238 e. The maximum Gasteiger partial charge on any atom is 0.238 e. The minimum atomic E-state index is -3.77. The molecule has 0 amide bonds. The third kappa shape index (κ3) is 4.13. The van der Waals surface area contributed by atoms with Crippen LogP contribution >= 0.6 is 0 Å². The van der Waals surface area contributed by atoms with E-state index in [1.807, 2.05) is 5.01 Å². The van der Waals surface area contributed by atoms with Crippen molar-refractivity contribution in [1.29, 1.82) is 0 Å². The molecular formula is C23H22FN3O2S. The lowest BCUT2D eigenvalue weighted by atomic mass is 9.97. The molecule has 2 N–H and O–H groups in total. The van der Waals surface area contributed by atoms with E-state index in [4.69, 9.17) is 10.2 Å². The third-order valence-electron chi connectivity index (χ3n) is 5.29. The first-order valence-electron chi connectivity index (χ1n) is 9.69. The zero-order chi connectivity index (χ0) is 21.3. The Labute approximate surface area is 175 Å². The number of halogens is 1. The van der Waals surface area contributed by atoms with Crippen LogP contribution in [0.3, 0.4) is 0 Å². The van der Waals surface area contributed by atoms with Gasteiger partial charge in [-0.1, -0.05) is 43.3 Å². The molecule has 3 aromatic rings. The topological polar surface area (TPSA) is 75.8 Å². The zero-order valence-corrected chi connectivity index (χ0v) is 17.3. The Morgan fingerprint density at radius 1 is 1.00 bits per heavy atom. The van der Waals surface area contributed by atoms with E-state index in [9.17, 15) is 12.8 Å². The standard InChI is InChI=1S/C23H22FN3O2S/c1-2-16-3-5-17(6-4-16)22-15-23(18-7-9-19(24)10-8-18)27(26-22)20-11-13-21(14-12-20)30(25,28)29/h3-14,23H,2,15H2,1H3,(H2,25,28,29)/t23-/m1/s1. The number of aryl methyl sites for hydroxylation is 1. The third-order valence-corrected chi connectivity index (χ3v) is 6.22. The highest BCUT2D eigenvalue weighted by Crippen LogP contribution is 2.37. The summed E-state index contributed by atoms with van der Waals surface area (Å²) in [5.74, 6) is -0.294. The Morgan fingerprint density at radius 2 is 1.63 bits per heavy atom. The summed E-state index contributed by atoms with van der Waals surface area (Å²) in [4.78, 5) is 0.0446. The van der Waals surface area contributed by atoms with Gasteiger partial charge in [0.25, 0.3) is 0 Å². The average Bonchev–Trinajstić information content (AvgIpc) is 3.19. The fourth-order valence-electron chi connectivity index (χ4n) is 3.59. The molecule has 1 heterocycles. The summed E-state index contributed by atoms with van der Waals surface area (Å²) in [6.45, 7) is 2.11. The Hall–Kier alpha value is -3.03. The van der Waals surface area contributed by atoms with Crippen molar-refractivity contribution < 1.29 is 12.8 Å². The molecule has 0 radical (unpaired) electrons. The van der Waals surface area contributed by atoms with Gasteiger partial charge in [0.05, 0.1) is 22.3 Å². The van der Waals surface area contributed by atoms with Crippen LogP contribution in [0.1, 0.15) is 36.1 Å². The fourth-order valence-corrected chi connectivity index (χ4v) is 4.10. The van der Waals surface area contributed by atoms with Crippen molar-refractivity contribution in [2.24, 2.45) is 10.2 Å². The van der Waals surface area contributed by atoms with Crippen molar-refractivity contribution in [3.8, 4) is 0 Å². The van der Waals surface area contributed by atoms with Crippen LogP contribution in [-0.2, 0) is 16.4 Å². The number of nitrogens with two attached hydrogens (primary N) is 1. The van der Waals surface area contributed by atoms with E-state index in [0.717, 1.165) is 28.9 Å². The Kier molecular flexibility index (Phi) is 5.40. The van der Waals surface area contributed by atoms with E-state index in [1.54, 1.807) is 24.3 Å². The molecule has 0 saturated carbocycles. The number of sulfonamides is 1. The van der Waals surface area contributed by atoms with Gasteiger partial charge in [0, 0.05) is 6.42 Å². The lowest BCUT2D eigenvalue weighted by molar-refractivity contribution is 0.597. The Bertz CT molecular complexity index is 1170. The van der Waals surface area contributed by atoms with Gasteiger partial charge in [-0.15, -0.1) is 0 Å². The summed E-state index contributed by atoms with van der Waals surface area (Å²) < 4.78 is 36.6. The summed E-state index contributed by atoms with van der Waals surface area (Å²) >= 11 is 0. The minimum Gasteiger partial charge on any atom is -0.257 e. The normalized spacial score (nSPS) is 16.6. The molecule has 0 fully saturated rings. The molecule has 1 aliphatic rings. The molecule has 154 valence electrons. The molecule has 0 spiro atoms. The quantitative estimate of drug-likeness (QED) is 0.661. The van der Waals surface area contributed by atoms with Crippen LogP contribution in [0.15, 0.2) is 82.8 Å². The van der Waals surface area contributed by atoms with Crippen molar-refractivity contribution in [3.05, 3.63) is 95.3 Å². The van der Waals surface area contributed by atoms with Crippen LogP contribution in [-0.4, -0.2) is 14.1 Å². The Morgan fingerprint density at radius 3 is 2.20 bits per heavy atom. The van der Waals surface area contributed by atoms with Crippen LogP contribution < -0.4 is 10.1 Å². The number of hydrogen-bond acceptors (Lipinski definition) is 4.